The van der Waals surface area contributed by atoms with Gasteiger partial charge >= 0.3 is 0 Å². The van der Waals surface area contributed by atoms with E-state index in [1.807, 2.05) is 30.3 Å². The van der Waals surface area contributed by atoms with Gasteiger partial charge in [-0.1, -0.05) is 72.3 Å². The van der Waals surface area contributed by atoms with Gasteiger partial charge in [0.05, 0.1) is 22.7 Å². The molecule has 1 heterocycles. The highest BCUT2D eigenvalue weighted by molar-refractivity contribution is 7.90. The quantitative estimate of drug-likeness (QED) is 0.137. The number of benzene rings is 3. The maximum atomic E-state index is 12.8. The zero-order chi connectivity index (χ0) is 26.6. The van der Waals surface area contributed by atoms with Crippen LogP contribution in [0, 0.1) is 0 Å². The predicted octanol–water partition coefficient (Wildman–Crippen LogP) is 4.25. The highest BCUT2D eigenvalue weighted by Crippen LogP contribution is 2.32. The molecule has 4 rings (SSSR count). The van der Waals surface area contributed by atoms with Crippen molar-refractivity contribution in [2.45, 2.75) is 16.3 Å². The number of hydrogen-bond donors (Lipinski definition) is 2. The molecule has 0 aliphatic carbocycles. The van der Waals surface area contributed by atoms with Crippen LogP contribution in [-0.2, 0) is 27.6 Å². The lowest BCUT2D eigenvalue weighted by atomic mass is 10.0. The lowest BCUT2D eigenvalue weighted by molar-refractivity contribution is 0.111. The summed E-state index contributed by atoms with van der Waals surface area (Å²) in [5, 5.41) is 0.0133. The van der Waals surface area contributed by atoms with Crippen LogP contribution in [0.2, 0.25) is 5.15 Å². The van der Waals surface area contributed by atoms with Gasteiger partial charge in [0.2, 0.25) is 0 Å². The van der Waals surface area contributed by atoms with E-state index >= 15 is 0 Å². The van der Waals surface area contributed by atoms with Crippen LogP contribution in [0.5, 0.6) is 0 Å². The second-order valence-electron chi connectivity index (χ2n) is 7.76. The van der Waals surface area contributed by atoms with Crippen molar-refractivity contribution in [1.29, 1.82) is 0 Å². The molecule has 190 valence electrons. The molecule has 0 spiro atoms. The Kier molecular flexibility index (Phi) is 7.98. The fourth-order valence-corrected chi connectivity index (χ4v) is 5.74. The number of rotatable bonds is 9. The summed E-state index contributed by atoms with van der Waals surface area (Å²) in [4.78, 5) is 19.8. The molecular formula is C25H21ClN4O5S2. The van der Waals surface area contributed by atoms with Gasteiger partial charge in [-0.15, -0.1) is 0 Å². The molecular weight excluding hydrogens is 536 g/mol. The molecule has 1 aromatic heterocycles. The Morgan fingerprint density at radius 2 is 1.78 bits per heavy atom. The van der Waals surface area contributed by atoms with E-state index in [9.17, 15) is 22.0 Å². The van der Waals surface area contributed by atoms with E-state index in [4.69, 9.17) is 11.6 Å². The van der Waals surface area contributed by atoms with E-state index < -0.39 is 21.1 Å². The third-order valence-electron chi connectivity index (χ3n) is 5.51. The second kappa shape index (κ2) is 11.2. The van der Waals surface area contributed by atoms with Crippen molar-refractivity contribution in [3.8, 4) is 22.5 Å². The van der Waals surface area contributed by atoms with Gasteiger partial charge in [0.15, 0.2) is 22.5 Å². The molecule has 0 saturated carbocycles. The molecule has 2 N–H and O–H groups in total. The van der Waals surface area contributed by atoms with Gasteiger partial charge in [0.25, 0.3) is 10.0 Å². The van der Waals surface area contributed by atoms with Gasteiger partial charge in [0, 0.05) is 18.2 Å². The fraction of sp³-hybridized carbons (Fsp3) is 0.0800. The molecule has 0 radical (unpaired) electrons. The third kappa shape index (κ3) is 5.54. The van der Waals surface area contributed by atoms with Crippen molar-refractivity contribution < 1.29 is 22.0 Å². The number of aldehydes is 1. The van der Waals surface area contributed by atoms with Crippen molar-refractivity contribution in [1.82, 2.24) is 14.3 Å². The van der Waals surface area contributed by atoms with Crippen LogP contribution in [0.25, 0.3) is 22.5 Å². The Labute approximate surface area is 221 Å². The molecule has 0 saturated heterocycles. The van der Waals surface area contributed by atoms with Crippen LogP contribution in [0.3, 0.4) is 0 Å². The Balaban J connectivity index is 1.82. The Morgan fingerprint density at radius 3 is 2.46 bits per heavy atom. The number of nitrogens with zero attached hydrogens (tertiary/aromatic N) is 3. The first kappa shape index (κ1) is 26.4. The number of halogens is 1. The summed E-state index contributed by atoms with van der Waals surface area (Å²) < 4.78 is 51.9. The maximum absolute atomic E-state index is 12.8. The number of nitrogens with one attached hydrogen (secondary N) is 1. The number of hydrogen-bond acceptors (Lipinski definition) is 6. The van der Waals surface area contributed by atoms with Gasteiger partial charge in [0.1, 0.15) is 11.5 Å². The number of carbonyl (C=O) groups is 1. The first-order valence-corrected chi connectivity index (χ1v) is 13.8. The van der Waals surface area contributed by atoms with Crippen LogP contribution in [0.15, 0.2) is 87.6 Å². The smallest absolute Gasteiger partial charge is 0.263 e. The number of aromatic nitrogens is 2. The molecule has 0 bridgehead atoms. The van der Waals surface area contributed by atoms with Crippen LogP contribution in [0.4, 0.5) is 0 Å². The fourth-order valence-electron chi connectivity index (χ4n) is 3.83. The molecule has 0 aliphatic heterocycles. The van der Waals surface area contributed by atoms with Gasteiger partial charge in [-0.05, 0) is 23.3 Å². The van der Waals surface area contributed by atoms with E-state index in [2.05, 4.69) is 14.7 Å². The van der Waals surface area contributed by atoms with Crippen LogP contribution < -0.4 is 4.72 Å². The number of imidazole rings is 1. The summed E-state index contributed by atoms with van der Waals surface area (Å²) in [5.74, 6) is 0.423. The summed E-state index contributed by atoms with van der Waals surface area (Å²) >= 11 is 3.80. The highest BCUT2D eigenvalue weighted by Gasteiger charge is 2.22. The zero-order valence-electron chi connectivity index (χ0n) is 19.4. The minimum absolute atomic E-state index is 0.0133. The monoisotopic (exact) mass is 556 g/mol. The van der Waals surface area contributed by atoms with Gasteiger partial charge in [-0.3, -0.25) is 14.5 Å². The van der Waals surface area contributed by atoms with Crippen LogP contribution in [0.1, 0.15) is 16.1 Å². The van der Waals surface area contributed by atoms with E-state index in [0.29, 0.717) is 34.4 Å². The molecule has 37 heavy (non-hydrogen) atoms. The molecule has 0 fully saturated rings. The Morgan fingerprint density at radius 1 is 1.08 bits per heavy atom. The standard InChI is InChI=1S/C25H21ClN4O5S2/c1-27-16-28-37(34,35)23-10-6-5-9-20(23)18-11-12-19(22(13-18)36(32)33)14-30-21(15-31)24(26)29-25(30)17-7-3-2-4-8-17/h2-13,15-16H,14H2,1H3,(H,27,28)(H,32,33). The van der Waals surface area contributed by atoms with Crippen molar-refractivity contribution in [2.24, 2.45) is 4.99 Å². The molecule has 1 atom stereocenters. The molecule has 4 aromatic rings. The average Bonchev–Trinajstić information content (AvgIpc) is 3.22. The highest BCUT2D eigenvalue weighted by atomic mass is 35.5. The second-order valence-corrected chi connectivity index (χ2v) is 10.7. The molecule has 3 aromatic carbocycles. The first-order chi connectivity index (χ1) is 17.8. The minimum Gasteiger partial charge on any atom is -0.316 e. The number of sulfonamides is 1. The topological polar surface area (TPSA) is 131 Å². The minimum atomic E-state index is -3.94. The van der Waals surface area contributed by atoms with Crippen molar-refractivity contribution >= 4 is 45.3 Å². The molecule has 0 aliphatic rings. The largest absolute Gasteiger partial charge is 0.316 e. The number of carbonyl (C=O) groups excluding carboxylic acids is 1. The molecule has 0 amide bonds. The SMILES string of the molecule is CN=CNS(=O)(=O)c1ccccc1-c1ccc(Cn2c(-c3ccccc3)nc(Cl)c2C=O)c(S(=O)O)c1. The maximum Gasteiger partial charge on any atom is 0.263 e. The van der Waals surface area contributed by atoms with Crippen LogP contribution >= 0.6 is 11.6 Å². The first-order valence-electron chi connectivity index (χ1n) is 10.8. The number of aliphatic imine (C=N–C) groups is 1. The van der Waals surface area contributed by atoms with E-state index in [1.54, 1.807) is 34.9 Å². The third-order valence-corrected chi connectivity index (χ3v) is 7.90. The average molecular weight is 557 g/mol. The Hall–Kier alpha value is -3.64. The van der Waals surface area contributed by atoms with Crippen molar-refractivity contribution in [2.75, 3.05) is 7.05 Å². The summed E-state index contributed by atoms with van der Waals surface area (Å²) in [6, 6.07) is 20.1. The molecule has 9 nitrogen and oxygen atoms in total. The lowest BCUT2D eigenvalue weighted by Crippen LogP contribution is -2.22. The summed E-state index contributed by atoms with van der Waals surface area (Å²) in [6.45, 7) is 0.0222. The lowest BCUT2D eigenvalue weighted by Gasteiger charge is -2.15. The normalized spacial score (nSPS) is 12.5. The molecule has 12 heteroatoms. The summed E-state index contributed by atoms with van der Waals surface area (Å²) in [5.41, 5.74) is 2.01. The van der Waals surface area contributed by atoms with Gasteiger partial charge in [-0.25, -0.2) is 17.6 Å². The summed E-state index contributed by atoms with van der Waals surface area (Å²) in [7, 11) is -2.51. The van der Waals surface area contributed by atoms with E-state index in [-0.39, 0.29) is 27.2 Å². The Bertz CT molecular complexity index is 1620. The summed E-state index contributed by atoms with van der Waals surface area (Å²) in [6.07, 6.45) is 1.65. The van der Waals surface area contributed by atoms with E-state index in [0.717, 1.165) is 6.34 Å². The molecule has 1 unspecified atom stereocenters. The van der Waals surface area contributed by atoms with Crippen LogP contribution in [-0.4, -0.2) is 46.4 Å². The van der Waals surface area contributed by atoms with E-state index in [1.165, 1.54) is 19.2 Å². The van der Waals surface area contributed by atoms with Crippen molar-refractivity contribution in [3.05, 3.63) is 89.2 Å². The zero-order valence-corrected chi connectivity index (χ0v) is 21.8. The van der Waals surface area contributed by atoms with Gasteiger partial charge < -0.3 is 9.12 Å². The van der Waals surface area contributed by atoms with Gasteiger partial charge in [-0.2, -0.15) is 0 Å². The predicted molar refractivity (Wildman–Crippen MR) is 143 cm³/mol. The van der Waals surface area contributed by atoms with Crippen molar-refractivity contribution in [3.63, 3.8) is 0 Å².